The van der Waals surface area contributed by atoms with E-state index in [-0.39, 0.29) is 11.9 Å². The lowest BCUT2D eigenvalue weighted by Crippen LogP contribution is -2.42. The number of piperidine rings is 1. The van der Waals surface area contributed by atoms with Crippen LogP contribution in [-0.2, 0) is 0 Å². The van der Waals surface area contributed by atoms with E-state index < -0.39 is 0 Å². The first-order valence-corrected chi connectivity index (χ1v) is 9.40. The number of carbonyl (C=O) groups excluding carboxylic acids is 1. The molecule has 0 saturated carbocycles. The maximum Gasteiger partial charge on any atom is 0.257 e. The van der Waals surface area contributed by atoms with Crippen LogP contribution in [0.5, 0.6) is 11.5 Å². The molecule has 0 atom stereocenters. The van der Waals surface area contributed by atoms with E-state index in [9.17, 15) is 4.79 Å². The quantitative estimate of drug-likeness (QED) is 0.710. The van der Waals surface area contributed by atoms with Crippen LogP contribution in [0.2, 0.25) is 0 Å². The van der Waals surface area contributed by atoms with E-state index in [1.54, 1.807) is 32.4 Å². The normalized spacial score (nSPS) is 14.9. The highest BCUT2D eigenvalue weighted by Crippen LogP contribution is 2.27. The number of methoxy groups -OCH3 is 2. The number of H-pyrrole nitrogens is 1. The molecule has 1 aromatic heterocycles. The Morgan fingerprint density at radius 2 is 1.93 bits per heavy atom. The van der Waals surface area contributed by atoms with Crippen LogP contribution in [0.25, 0.3) is 11.0 Å². The van der Waals surface area contributed by atoms with Crippen molar-refractivity contribution in [3.63, 3.8) is 0 Å². The molecule has 0 unspecified atom stereocenters. The van der Waals surface area contributed by atoms with Gasteiger partial charge in [0.15, 0.2) is 0 Å². The molecular weight excluding hydrogens is 356 g/mol. The Morgan fingerprint density at radius 3 is 2.64 bits per heavy atom. The summed E-state index contributed by atoms with van der Waals surface area (Å²) in [4.78, 5) is 22.7. The van der Waals surface area contributed by atoms with Gasteiger partial charge in [-0.3, -0.25) is 4.79 Å². The monoisotopic (exact) mass is 380 g/mol. The Hall–Kier alpha value is -3.22. The molecular formula is C21H24N4O3. The van der Waals surface area contributed by atoms with Crippen molar-refractivity contribution in [3.05, 3.63) is 48.0 Å². The zero-order chi connectivity index (χ0) is 19.5. The number of amides is 1. The number of rotatable bonds is 5. The molecule has 2 N–H and O–H groups in total. The van der Waals surface area contributed by atoms with Crippen LogP contribution >= 0.6 is 0 Å². The maximum atomic E-state index is 12.9. The molecule has 2 aromatic carbocycles. The molecule has 0 aliphatic carbocycles. The molecule has 1 amide bonds. The lowest BCUT2D eigenvalue weighted by molar-refractivity contribution is 0.0715. The fourth-order valence-corrected chi connectivity index (χ4v) is 3.59. The van der Waals surface area contributed by atoms with Crippen molar-refractivity contribution in [3.8, 4) is 11.5 Å². The summed E-state index contributed by atoms with van der Waals surface area (Å²) in [5.74, 6) is 1.97. The molecule has 146 valence electrons. The smallest absolute Gasteiger partial charge is 0.257 e. The molecule has 0 spiro atoms. The van der Waals surface area contributed by atoms with Gasteiger partial charge in [-0.2, -0.15) is 0 Å². The highest BCUT2D eigenvalue weighted by Gasteiger charge is 2.26. The van der Waals surface area contributed by atoms with E-state index in [0.717, 1.165) is 29.8 Å². The second kappa shape index (κ2) is 7.80. The van der Waals surface area contributed by atoms with Crippen LogP contribution in [0.1, 0.15) is 23.2 Å². The van der Waals surface area contributed by atoms with Gasteiger partial charge in [0.1, 0.15) is 11.5 Å². The van der Waals surface area contributed by atoms with Crippen molar-refractivity contribution < 1.29 is 14.3 Å². The molecule has 7 heteroatoms. The van der Waals surface area contributed by atoms with Crippen molar-refractivity contribution in [2.75, 3.05) is 32.6 Å². The highest BCUT2D eigenvalue weighted by atomic mass is 16.5. The Morgan fingerprint density at radius 1 is 1.14 bits per heavy atom. The lowest BCUT2D eigenvalue weighted by atomic mass is 10.0. The van der Waals surface area contributed by atoms with Crippen LogP contribution in [-0.4, -0.2) is 54.1 Å². The number of hydrogen-bond donors (Lipinski definition) is 2. The molecule has 0 bridgehead atoms. The van der Waals surface area contributed by atoms with Crippen molar-refractivity contribution >= 4 is 22.9 Å². The lowest BCUT2D eigenvalue weighted by Gasteiger charge is -2.32. The number of fused-ring (bicyclic) bond motifs is 1. The highest BCUT2D eigenvalue weighted by molar-refractivity contribution is 5.97. The topological polar surface area (TPSA) is 79.5 Å². The third kappa shape index (κ3) is 3.60. The third-order valence-electron chi connectivity index (χ3n) is 5.15. The molecule has 28 heavy (non-hydrogen) atoms. The Balaban J connectivity index is 1.39. The summed E-state index contributed by atoms with van der Waals surface area (Å²) < 4.78 is 10.6. The van der Waals surface area contributed by atoms with E-state index in [4.69, 9.17) is 9.47 Å². The van der Waals surface area contributed by atoms with Gasteiger partial charge in [0.25, 0.3) is 5.91 Å². The van der Waals surface area contributed by atoms with Crippen LogP contribution in [0, 0.1) is 0 Å². The fourth-order valence-electron chi connectivity index (χ4n) is 3.59. The number of anilines is 1. The summed E-state index contributed by atoms with van der Waals surface area (Å²) in [5, 5.41) is 3.46. The predicted molar refractivity (Wildman–Crippen MR) is 108 cm³/mol. The summed E-state index contributed by atoms with van der Waals surface area (Å²) in [6.07, 6.45) is 1.72. The Bertz CT molecular complexity index is 944. The number of aromatic nitrogens is 2. The number of hydrogen-bond acceptors (Lipinski definition) is 5. The zero-order valence-corrected chi connectivity index (χ0v) is 16.1. The number of nitrogens with zero attached hydrogens (tertiary/aromatic N) is 2. The van der Waals surface area contributed by atoms with Gasteiger partial charge in [-0.1, -0.05) is 12.1 Å². The number of nitrogens with one attached hydrogen (secondary N) is 2. The Labute approximate surface area is 163 Å². The largest absolute Gasteiger partial charge is 0.497 e. The molecule has 7 nitrogen and oxygen atoms in total. The van der Waals surface area contributed by atoms with Crippen LogP contribution in [0.3, 0.4) is 0 Å². The van der Waals surface area contributed by atoms with Gasteiger partial charge in [-0.25, -0.2) is 4.98 Å². The number of carbonyl (C=O) groups is 1. The summed E-state index contributed by atoms with van der Waals surface area (Å²) >= 11 is 0. The minimum Gasteiger partial charge on any atom is -0.497 e. The van der Waals surface area contributed by atoms with E-state index in [0.29, 0.717) is 30.2 Å². The first kappa shape index (κ1) is 18.2. The first-order chi connectivity index (χ1) is 13.7. The predicted octanol–water partition coefficient (Wildman–Crippen LogP) is 3.30. The van der Waals surface area contributed by atoms with Crippen molar-refractivity contribution in [2.24, 2.45) is 0 Å². The van der Waals surface area contributed by atoms with Crippen LogP contribution in [0.4, 0.5) is 5.95 Å². The molecule has 1 aliphatic rings. The van der Waals surface area contributed by atoms with Gasteiger partial charge in [-0.05, 0) is 37.1 Å². The van der Waals surface area contributed by atoms with E-state index in [1.165, 1.54) is 0 Å². The molecule has 3 aromatic rings. The van der Waals surface area contributed by atoms with Crippen molar-refractivity contribution in [1.82, 2.24) is 14.9 Å². The Kier molecular flexibility index (Phi) is 5.06. The number of aromatic amines is 1. The zero-order valence-electron chi connectivity index (χ0n) is 16.1. The van der Waals surface area contributed by atoms with Crippen LogP contribution < -0.4 is 14.8 Å². The van der Waals surface area contributed by atoms with Gasteiger partial charge < -0.3 is 24.7 Å². The molecule has 0 radical (unpaired) electrons. The molecule has 1 aliphatic heterocycles. The number of benzene rings is 2. The number of ether oxygens (including phenoxy) is 2. The van der Waals surface area contributed by atoms with Gasteiger partial charge in [0.05, 0.1) is 30.8 Å². The minimum atomic E-state index is -0.0123. The molecule has 2 heterocycles. The summed E-state index contributed by atoms with van der Waals surface area (Å²) in [5.41, 5.74) is 2.53. The number of likely N-dealkylation sites (tertiary alicyclic amines) is 1. The molecule has 4 rings (SSSR count). The van der Waals surface area contributed by atoms with Gasteiger partial charge in [0, 0.05) is 25.2 Å². The van der Waals surface area contributed by atoms with Crippen LogP contribution in [0.15, 0.2) is 42.5 Å². The number of imidazole rings is 1. The van der Waals surface area contributed by atoms with Gasteiger partial charge >= 0.3 is 0 Å². The van der Waals surface area contributed by atoms with E-state index in [1.807, 2.05) is 29.2 Å². The maximum absolute atomic E-state index is 12.9. The summed E-state index contributed by atoms with van der Waals surface area (Å²) in [7, 11) is 3.16. The first-order valence-electron chi connectivity index (χ1n) is 9.40. The minimum absolute atomic E-state index is 0.0123. The molecule has 1 fully saturated rings. The number of para-hydroxylation sites is 2. The third-order valence-corrected chi connectivity index (χ3v) is 5.15. The van der Waals surface area contributed by atoms with E-state index >= 15 is 0 Å². The van der Waals surface area contributed by atoms with Gasteiger partial charge in [-0.15, -0.1) is 0 Å². The fraction of sp³-hybridized carbons (Fsp3) is 0.333. The average Bonchev–Trinajstić information content (AvgIpc) is 3.15. The molecule has 1 saturated heterocycles. The van der Waals surface area contributed by atoms with Crippen molar-refractivity contribution in [1.29, 1.82) is 0 Å². The second-order valence-electron chi connectivity index (χ2n) is 6.88. The summed E-state index contributed by atoms with van der Waals surface area (Å²) in [6.45, 7) is 1.37. The van der Waals surface area contributed by atoms with E-state index in [2.05, 4.69) is 15.3 Å². The standard InChI is InChI=1S/C21H24N4O3/c1-27-15-7-8-16(19(13-15)28-2)20(26)25-11-9-14(10-12-25)22-21-23-17-5-3-4-6-18(17)24-21/h3-8,13-14H,9-12H2,1-2H3,(H2,22,23,24). The van der Waals surface area contributed by atoms with Crippen molar-refractivity contribution in [2.45, 2.75) is 18.9 Å². The average molecular weight is 380 g/mol. The van der Waals surface area contributed by atoms with Gasteiger partial charge in [0.2, 0.25) is 5.95 Å². The second-order valence-corrected chi connectivity index (χ2v) is 6.88. The summed E-state index contributed by atoms with van der Waals surface area (Å²) in [6, 6.07) is 13.5. The SMILES string of the molecule is COc1ccc(C(=O)N2CCC(Nc3nc4ccccc4[nH]3)CC2)c(OC)c1.